The zero-order chi connectivity index (χ0) is 21.2. The van der Waals surface area contributed by atoms with Gasteiger partial charge in [-0.2, -0.15) is 18.3 Å². The maximum Gasteiger partial charge on any atom is 0.435 e. The van der Waals surface area contributed by atoms with Crippen LogP contribution < -0.4 is 11.0 Å². The minimum absolute atomic E-state index is 0.0771. The summed E-state index contributed by atoms with van der Waals surface area (Å²) in [5.74, 6) is -1.47. The lowest BCUT2D eigenvalue weighted by Crippen LogP contribution is -2.33. The Kier molecular flexibility index (Phi) is 5.26. The third kappa shape index (κ3) is 4.05. The Bertz CT molecular complexity index is 1130. The summed E-state index contributed by atoms with van der Waals surface area (Å²) in [6, 6.07) is 13.4. The topological polar surface area (TPSA) is 99.5 Å². The van der Waals surface area contributed by atoms with Crippen LogP contribution in [0.5, 0.6) is 5.75 Å². The number of nitrogens with one attached hydrogen (secondary N) is 2. The molecule has 10 heteroatoms. The van der Waals surface area contributed by atoms with E-state index in [4.69, 9.17) is 0 Å². The SMILES string of the molecule is Cc1[nH]n(-c2ccccc2)c(=O)c1/C(=N/NC(=O)c1ccccc1O)C(F)(F)F. The van der Waals surface area contributed by atoms with Crippen molar-refractivity contribution in [1.29, 1.82) is 0 Å². The van der Waals surface area contributed by atoms with Gasteiger partial charge in [0.05, 0.1) is 16.8 Å². The van der Waals surface area contributed by atoms with Crippen LogP contribution in [-0.2, 0) is 0 Å². The Morgan fingerprint density at radius 3 is 2.34 bits per heavy atom. The number of hydrogen-bond acceptors (Lipinski definition) is 4. The molecule has 0 aliphatic heterocycles. The molecule has 0 fully saturated rings. The number of phenolic OH excluding ortho intramolecular Hbond substituents is 1. The number of hydrogen-bond donors (Lipinski definition) is 3. The van der Waals surface area contributed by atoms with Crippen LogP contribution in [0, 0.1) is 6.92 Å². The summed E-state index contributed by atoms with van der Waals surface area (Å²) in [7, 11) is 0. The van der Waals surface area contributed by atoms with Gasteiger partial charge in [-0.15, -0.1) is 0 Å². The van der Waals surface area contributed by atoms with E-state index in [0.717, 1.165) is 4.68 Å². The number of para-hydroxylation sites is 2. The molecule has 1 amide bonds. The summed E-state index contributed by atoms with van der Waals surface area (Å²) in [5, 5.41) is 15.4. The zero-order valence-corrected chi connectivity index (χ0v) is 15.0. The number of halogens is 3. The van der Waals surface area contributed by atoms with Gasteiger partial charge in [0.15, 0.2) is 5.71 Å². The van der Waals surface area contributed by atoms with Crippen molar-refractivity contribution < 1.29 is 23.1 Å². The van der Waals surface area contributed by atoms with Crippen LogP contribution in [0.15, 0.2) is 64.5 Å². The van der Waals surface area contributed by atoms with E-state index in [0.29, 0.717) is 5.69 Å². The minimum Gasteiger partial charge on any atom is -0.507 e. The normalized spacial score (nSPS) is 12.1. The first-order chi connectivity index (χ1) is 13.7. The summed E-state index contributed by atoms with van der Waals surface area (Å²) in [4.78, 5) is 24.7. The highest BCUT2D eigenvalue weighted by Gasteiger charge is 2.41. The second kappa shape index (κ2) is 7.66. The highest BCUT2D eigenvalue weighted by molar-refractivity contribution is 6.06. The second-order valence-corrected chi connectivity index (χ2v) is 6.00. The van der Waals surface area contributed by atoms with Crippen molar-refractivity contribution in [2.24, 2.45) is 5.10 Å². The van der Waals surface area contributed by atoms with Gasteiger partial charge in [-0.1, -0.05) is 30.3 Å². The molecule has 0 saturated carbocycles. The zero-order valence-electron chi connectivity index (χ0n) is 15.0. The summed E-state index contributed by atoms with van der Waals surface area (Å²) in [5.41, 5.74) is -1.50. The van der Waals surface area contributed by atoms with E-state index in [-0.39, 0.29) is 11.3 Å². The number of H-pyrrole nitrogens is 1. The molecule has 150 valence electrons. The quantitative estimate of drug-likeness (QED) is 0.461. The van der Waals surface area contributed by atoms with Gasteiger partial charge in [-0.3, -0.25) is 14.7 Å². The highest BCUT2D eigenvalue weighted by Crippen LogP contribution is 2.23. The Balaban J connectivity index is 2.04. The van der Waals surface area contributed by atoms with E-state index in [1.165, 1.54) is 31.2 Å². The molecule has 0 aliphatic rings. The second-order valence-electron chi connectivity index (χ2n) is 6.00. The van der Waals surface area contributed by atoms with E-state index in [9.17, 15) is 27.9 Å². The molecule has 0 bridgehead atoms. The maximum atomic E-state index is 13.6. The molecule has 2 aromatic carbocycles. The predicted molar refractivity (Wildman–Crippen MR) is 99.3 cm³/mol. The summed E-state index contributed by atoms with van der Waals surface area (Å²) >= 11 is 0. The number of carbonyl (C=O) groups is 1. The van der Waals surface area contributed by atoms with Crippen LogP contribution in [0.4, 0.5) is 13.2 Å². The van der Waals surface area contributed by atoms with Crippen molar-refractivity contribution in [2.75, 3.05) is 0 Å². The van der Waals surface area contributed by atoms with Crippen molar-refractivity contribution in [3.05, 3.63) is 81.8 Å². The molecule has 3 aromatic rings. The van der Waals surface area contributed by atoms with Gasteiger partial charge in [0.2, 0.25) is 0 Å². The van der Waals surface area contributed by atoms with Crippen LogP contribution in [0.3, 0.4) is 0 Å². The molecule has 0 atom stereocenters. The minimum atomic E-state index is -5.02. The predicted octanol–water partition coefficient (Wildman–Crippen LogP) is 2.88. The first-order valence-electron chi connectivity index (χ1n) is 8.30. The van der Waals surface area contributed by atoms with E-state index >= 15 is 0 Å². The van der Waals surface area contributed by atoms with Gasteiger partial charge in [0.25, 0.3) is 11.5 Å². The van der Waals surface area contributed by atoms with Crippen LogP contribution in [-0.4, -0.2) is 32.7 Å². The standard InChI is InChI=1S/C19H15F3N4O3/c1-11-15(18(29)26(25-11)12-7-3-2-4-8-12)16(19(20,21)22)23-24-17(28)13-9-5-6-10-14(13)27/h2-10,25,27H,1H3,(H,24,28)/b23-16-. The van der Waals surface area contributed by atoms with E-state index in [2.05, 4.69) is 10.2 Å². The summed E-state index contributed by atoms with van der Waals surface area (Å²) < 4.78 is 41.8. The Hall–Kier alpha value is -3.82. The molecule has 0 saturated heterocycles. The van der Waals surface area contributed by atoms with Gasteiger partial charge in [0, 0.05) is 5.69 Å². The average Bonchev–Trinajstić information content (AvgIpc) is 2.96. The van der Waals surface area contributed by atoms with Crippen LogP contribution >= 0.6 is 0 Å². The number of phenols is 1. The molecular formula is C19H15F3N4O3. The first-order valence-corrected chi connectivity index (χ1v) is 8.30. The van der Waals surface area contributed by atoms with Crippen molar-refractivity contribution in [2.45, 2.75) is 13.1 Å². The number of carbonyl (C=O) groups excluding carboxylic acids is 1. The fourth-order valence-corrected chi connectivity index (χ4v) is 2.68. The number of hydrazone groups is 1. The van der Waals surface area contributed by atoms with E-state index < -0.39 is 34.7 Å². The molecular weight excluding hydrogens is 389 g/mol. The number of rotatable bonds is 4. The molecule has 0 unspecified atom stereocenters. The molecule has 1 heterocycles. The van der Waals surface area contributed by atoms with Gasteiger partial charge in [-0.25, -0.2) is 10.1 Å². The number of aromatic hydroxyl groups is 1. The number of amides is 1. The number of benzene rings is 2. The lowest BCUT2D eigenvalue weighted by Gasteiger charge is -2.10. The number of aromatic amines is 1. The van der Waals surface area contributed by atoms with Crippen LogP contribution in [0.1, 0.15) is 21.6 Å². The number of aromatic nitrogens is 2. The lowest BCUT2D eigenvalue weighted by molar-refractivity contribution is -0.0584. The van der Waals surface area contributed by atoms with Crippen LogP contribution in [0.2, 0.25) is 0 Å². The Morgan fingerprint density at radius 2 is 1.72 bits per heavy atom. The first kappa shape index (κ1) is 19.9. The van der Waals surface area contributed by atoms with Gasteiger partial charge in [-0.05, 0) is 31.2 Å². The molecule has 29 heavy (non-hydrogen) atoms. The van der Waals surface area contributed by atoms with E-state index in [1.54, 1.807) is 35.8 Å². The van der Waals surface area contributed by atoms with Crippen molar-refractivity contribution >= 4 is 11.6 Å². The smallest absolute Gasteiger partial charge is 0.435 e. The monoisotopic (exact) mass is 404 g/mol. The summed E-state index contributed by atoms with van der Waals surface area (Å²) in [6.07, 6.45) is -5.02. The molecule has 3 N–H and O–H groups in total. The molecule has 0 spiro atoms. The number of aryl methyl sites for hydroxylation is 1. The fraction of sp³-hybridized carbons (Fsp3) is 0.105. The van der Waals surface area contributed by atoms with Crippen molar-refractivity contribution in [3.8, 4) is 11.4 Å². The third-order valence-corrected chi connectivity index (χ3v) is 4.01. The molecule has 7 nitrogen and oxygen atoms in total. The molecule has 0 aliphatic carbocycles. The number of alkyl halides is 3. The van der Waals surface area contributed by atoms with Crippen molar-refractivity contribution in [1.82, 2.24) is 15.2 Å². The highest BCUT2D eigenvalue weighted by atomic mass is 19.4. The molecule has 1 aromatic heterocycles. The lowest BCUT2D eigenvalue weighted by atomic mass is 10.1. The summed E-state index contributed by atoms with van der Waals surface area (Å²) in [6.45, 7) is 1.29. The van der Waals surface area contributed by atoms with Crippen LogP contribution in [0.25, 0.3) is 5.69 Å². The van der Waals surface area contributed by atoms with E-state index in [1.807, 2.05) is 0 Å². The molecule has 0 radical (unpaired) electrons. The van der Waals surface area contributed by atoms with Gasteiger partial charge in [0.1, 0.15) is 5.75 Å². The average molecular weight is 404 g/mol. The molecule has 3 rings (SSSR count). The van der Waals surface area contributed by atoms with Gasteiger partial charge >= 0.3 is 6.18 Å². The van der Waals surface area contributed by atoms with Gasteiger partial charge < -0.3 is 5.11 Å². The van der Waals surface area contributed by atoms with Crippen molar-refractivity contribution in [3.63, 3.8) is 0 Å². The maximum absolute atomic E-state index is 13.6. The Morgan fingerprint density at radius 1 is 1.10 bits per heavy atom. The number of nitrogens with zero attached hydrogens (tertiary/aromatic N) is 2. The Labute approximate surface area is 162 Å². The third-order valence-electron chi connectivity index (χ3n) is 4.01. The fourth-order valence-electron chi connectivity index (χ4n) is 2.68. The largest absolute Gasteiger partial charge is 0.507 e.